The molecule has 3 N–H and O–H groups in total. The summed E-state index contributed by atoms with van der Waals surface area (Å²) in [7, 11) is -3.42. The predicted molar refractivity (Wildman–Crippen MR) is 63.9 cm³/mol. The van der Waals surface area contributed by atoms with Crippen molar-refractivity contribution >= 4 is 10.0 Å². The summed E-state index contributed by atoms with van der Waals surface area (Å²) in [5, 5.41) is 4.01. The minimum absolute atomic E-state index is 0.225. The van der Waals surface area contributed by atoms with Gasteiger partial charge in [-0.05, 0) is 32.7 Å². The molecule has 2 rings (SSSR count). The molecule has 17 heavy (non-hydrogen) atoms. The maximum absolute atomic E-state index is 12.0. The third-order valence-corrected chi connectivity index (χ3v) is 4.48. The Balaban J connectivity index is 2.08. The van der Waals surface area contributed by atoms with E-state index in [2.05, 4.69) is 9.82 Å². The van der Waals surface area contributed by atoms with E-state index in [1.165, 1.54) is 6.20 Å². The van der Waals surface area contributed by atoms with Gasteiger partial charge in [-0.15, -0.1) is 0 Å². The zero-order valence-corrected chi connectivity index (χ0v) is 10.7. The normalized spacial score (nSPS) is 18.2. The minimum Gasteiger partial charge on any atom is -0.330 e. The van der Waals surface area contributed by atoms with E-state index in [1.807, 2.05) is 6.92 Å². The smallest absolute Gasteiger partial charge is 0.244 e. The van der Waals surface area contributed by atoms with E-state index in [0.29, 0.717) is 13.1 Å². The SMILES string of the molecule is CC1(NS(=O)(=O)c2cnn(CCCN)c2)CC1. The average molecular weight is 258 g/mol. The first-order valence-electron chi connectivity index (χ1n) is 5.72. The number of nitrogens with two attached hydrogens (primary N) is 1. The lowest BCUT2D eigenvalue weighted by molar-refractivity contribution is 0.556. The molecule has 6 nitrogen and oxygen atoms in total. The monoisotopic (exact) mass is 258 g/mol. The molecule has 0 atom stereocenters. The molecule has 0 aromatic carbocycles. The van der Waals surface area contributed by atoms with Gasteiger partial charge in [0.2, 0.25) is 10.0 Å². The molecule has 0 radical (unpaired) electrons. The van der Waals surface area contributed by atoms with Gasteiger partial charge in [-0.1, -0.05) is 0 Å². The third kappa shape index (κ3) is 3.05. The molecule has 0 aliphatic heterocycles. The van der Waals surface area contributed by atoms with Gasteiger partial charge in [-0.3, -0.25) is 4.68 Å². The van der Waals surface area contributed by atoms with E-state index in [0.717, 1.165) is 19.3 Å². The largest absolute Gasteiger partial charge is 0.330 e. The lowest BCUT2D eigenvalue weighted by Crippen LogP contribution is -2.34. The first-order valence-corrected chi connectivity index (χ1v) is 7.20. The number of rotatable bonds is 6. The molecule has 0 spiro atoms. The van der Waals surface area contributed by atoms with E-state index in [9.17, 15) is 8.42 Å². The lowest BCUT2D eigenvalue weighted by Gasteiger charge is -2.10. The van der Waals surface area contributed by atoms with Crippen LogP contribution in [0.25, 0.3) is 0 Å². The van der Waals surface area contributed by atoms with Crippen molar-refractivity contribution < 1.29 is 8.42 Å². The van der Waals surface area contributed by atoms with Crippen molar-refractivity contribution in [3.63, 3.8) is 0 Å². The summed E-state index contributed by atoms with van der Waals surface area (Å²) in [6, 6.07) is 0. The van der Waals surface area contributed by atoms with Crippen molar-refractivity contribution in [2.75, 3.05) is 6.54 Å². The second kappa shape index (κ2) is 4.40. The van der Waals surface area contributed by atoms with Crippen LogP contribution in [0, 0.1) is 0 Å². The van der Waals surface area contributed by atoms with Gasteiger partial charge in [-0.25, -0.2) is 13.1 Å². The number of sulfonamides is 1. The lowest BCUT2D eigenvalue weighted by atomic mass is 10.4. The van der Waals surface area contributed by atoms with Crippen LogP contribution in [0.2, 0.25) is 0 Å². The van der Waals surface area contributed by atoms with E-state index in [-0.39, 0.29) is 10.4 Å². The van der Waals surface area contributed by atoms with E-state index < -0.39 is 10.0 Å². The number of hydrogen-bond donors (Lipinski definition) is 2. The van der Waals surface area contributed by atoms with Crippen LogP contribution >= 0.6 is 0 Å². The Morgan fingerprint density at radius 2 is 2.29 bits per heavy atom. The number of nitrogens with one attached hydrogen (secondary N) is 1. The second-order valence-corrected chi connectivity index (χ2v) is 6.43. The molecule has 0 unspecified atom stereocenters. The van der Waals surface area contributed by atoms with Gasteiger partial charge in [-0.2, -0.15) is 5.10 Å². The van der Waals surface area contributed by atoms with E-state index >= 15 is 0 Å². The minimum atomic E-state index is -3.42. The van der Waals surface area contributed by atoms with Crippen molar-refractivity contribution in [3.05, 3.63) is 12.4 Å². The summed E-state index contributed by atoms with van der Waals surface area (Å²) in [5.74, 6) is 0. The van der Waals surface area contributed by atoms with Gasteiger partial charge in [0.25, 0.3) is 0 Å². The Kier molecular flexibility index (Phi) is 3.24. The number of nitrogens with zero attached hydrogens (tertiary/aromatic N) is 2. The number of aryl methyl sites for hydroxylation is 1. The molecule has 1 saturated carbocycles. The highest BCUT2D eigenvalue weighted by molar-refractivity contribution is 7.89. The summed E-state index contributed by atoms with van der Waals surface area (Å²) in [5.41, 5.74) is 5.14. The topological polar surface area (TPSA) is 90.0 Å². The van der Waals surface area contributed by atoms with Crippen molar-refractivity contribution in [2.24, 2.45) is 5.73 Å². The third-order valence-electron chi connectivity index (χ3n) is 2.89. The Hall–Kier alpha value is -0.920. The molecule has 7 heteroatoms. The van der Waals surface area contributed by atoms with E-state index in [4.69, 9.17) is 5.73 Å². The van der Waals surface area contributed by atoms with Crippen LogP contribution in [0.5, 0.6) is 0 Å². The molecule has 96 valence electrons. The maximum Gasteiger partial charge on any atom is 0.244 e. The average Bonchev–Trinajstić information content (AvgIpc) is 2.81. The Morgan fingerprint density at radius 1 is 1.59 bits per heavy atom. The van der Waals surface area contributed by atoms with Crippen LogP contribution in [0.1, 0.15) is 26.2 Å². The molecule has 1 fully saturated rings. The van der Waals surface area contributed by atoms with Crippen molar-refractivity contribution in [1.29, 1.82) is 0 Å². The maximum atomic E-state index is 12.0. The highest BCUT2D eigenvalue weighted by Crippen LogP contribution is 2.35. The molecule has 1 aromatic heterocycles. The van der Waals surface area contributed by atoms with Crippen LogP contribution in [-0.4, -0.2) is 30.3 Å². The second-order valence-electron chi connectivity index (χ2n) is 4.75. The number of aromatic nitrogens is 2. The fourth-order valence-corrected chi connectivity index (χ4v) is 2.95. The van der Waals surface area contributed by atoms with Crippen LogP contribution < -0.4 is 10.5 Å². The predicted octanol–water partition coefficient (Wildman–Crippen LogP) is 0.0627. The molecular weight excluding hydrogens is 240 g/mol. The summed E-state index contributed by atoms with van der Waals surface area (Å²) in [6.45, 7) is 3.12. The molecule has 0 bridgehead atoms. The standard InChI is InChI=1S/C10H18N4O2S/c1-10(3-4-10)13-17(15,16)9-7-12-14(8-9)6-2-5-11/h7-8,13H,2-6,11H2,1H3. The van der Waals surface area contributed by atoms with Crippen LogP contribution in [0.15, 0.2) is 17.3 Å². The fraction of sp³-hybridized carbons (Fsp3) is 0.700. The van der Waals surface area contributed by atoms with Crippen molar-refractivity contribution in [1.82, 2.24) is 14.5 Å². The summed E-state index contributed by atoms with van der Waals surface area (Å²) < 4.78 is 28.3. The van der Waals surface area contributed by atoms with E-state index in [1.54, 1.807) is 10.9 Å². The summed E-state index contributed by atoms with van der Waals surface area (Å²) in [4.78, 5) is 0.225. The molecule has 1 heterocycles. The molecule has 1 aliphatic carbocycles. The Labute approximate surface area is 101 Å². The van der Waals surface area contributed by atoms with Gasteiger partial charge in [0.1, 0.15) is 4.90 Å². The van der Waals surface area contributed by atoms with Gasteiger partial charge < -0.3 is 5.73 Å². The first-order chi connectivity index (χ1) is 7.95. The highest BCUT2D eigenvalue weighted by atomic mass is 32.2. The summed E-state index contributed by atoms with van der Waals surface area (Å²) in [6.07, 6.45) is 5.50. The zero-order valence-electron chi connectivity index (χ0n) is 9.89. The van der Waals surface area contributed by atoms with Crippen molar-refractivity contribution in [3.8, 4) is 0 Å². The molecule has 0 saturated heterocycles. The van der Waals surface area contributed by atoms with Gasteiger partial charge in [0.15, 0.2) is 0 Å². The van der Waals surface area contributed by atoms with Crippen LogP contribution in [0.3, 0.4) is 0 Å². The number of hydrogen-bond acceptors (Lipinski definition) is 4. The van der Waals surface area contributed by atoms with Crippen LogP contribution in [0.4, 0.5) is 0 Å². The highest BCUT2D eigenvalue weighted by Gasteiger charge is 2.41. The van der Waals surface area contributed by atoms with Crippen LogP contribution in [-0.2, 0) is 16.6 Å². The fourth-order valence-electron chi connectivity index (χ4n) is 1.53. The first kappa shape index (κ1) is 12.5. The van der Waals surface area contributed by atoms with Gasteiger partial charge in [0, 0.05) is 18.3 Å². The molecular formula is C10H18N4O2S. The Morgan fingerprint density at radius 3 is 2.88 bits per heavy atom. The molecule has 0 amide bonds. The summed E-state index contributed by atoms with van der Waals surface area (Å²) >= 11 is 0. The molecule has 1 aliphatic rings. The van der Waals surface area contributed by atoms with Crippen molar-refractivity contribution in [2.45, 2.75) is 43.2 Å². The molecule has 1 aromatic rings. The Bertz CT molecular complexity index is 490. The zero-order chi connectivity index (χ0) is 12.5. The van der Waals surface area contributed by atoms with Gasteiger partial charge in [0.05, 0.1) is 6.20 Å². The van der Waals surface area contributed by atoms with Gasteiger partial charge >= 0.3 is 0 Å². The quantitative estimate of drug-likeness (QED) is 0.755.